The van der Waals surface area contributed by atoms with E-state index in [2.05, 4.69) is 26.9 Å². The van der Waals surface area contributed by atoms with E-state index in [1.807, 2.05) is 18.3 Å². The molecule has 0 spiro atoms. The predicted molar refractivity (Wildman–Crippen MR) is 83.0 cm³/mol. The molecular weight excluding hydrogens is 248 g/mol. The molecule has 2 fully saturated rings. The van der Waals surface area contributed by atoms with E-state index in [0.29, 0.717) is 0 Å². The number of hydrogen-bond acceptors (Lipinski definition) is 4. The molecule has 4 rings (SSSR count). The topological polar surface area (TPSA) is 45.4 Å². The summed E-state index contributed by atoms with van der Waals surface area (Å²) in [5.74, 6) is 0. The molecule has 2 aliphatic heterocycles. The number of fused-ring (bicyclic) bond motifs is 2. The van der Waals surface area contributed by atoms with E-state index in [1.54, 1.807) is 0 Å². The number of nitrogens with zero attached hydrogens (tertiary/aromatic N) is 3. The van der Waals surface area contributed by atoms with Crippen LogP contribution < -0.4 is 10.6 Å². The second-order valence-electron chi connectivity index (χ2n) is 5.88. The van der Waals surface area contributed by atoms with E-state index in [4.69, 9.17) is 5.73 Å². The Hall–Kier alpha value is -1.81. The zero-order chi connectivity index (χ0) is 13.5. The molecular formula is C16H20N4. The zero-order valence-electron chi connectivity index (χ0n) is 11.6. The number of nitrogen functional groups attached to an aromatic ring is 1. The van der Waals surface area contributed by atoms with Gasteiger partial charge in [-0.15, -0.1) is 0 Å². The SMILES string of the molecule is Nc1ccc2nccc(N3CCN4CCC[C@H]4C3)c2c1. The number of piperazine rings is 1. The molecule has 0 unspecified atom stereocenters. The Morgan fingerprint density at radius 2 is 2.10 bits per heavy atom. The van der Waals surface area contributed by atoms with Gasteiger partial charge in [-0.25, -0.2) is 0 Å². The Labute approximate surface area is 119 Å². The van der Waals surface area contributed by atoms with Crippen LogP contribution in [-0.2, 0) is 0 Å². The van der Waals surface area contributed by atoms with E-state index >= 15 is 0 Å². The van der Waals surface area contributed by atoms with Gasteiger partial charge < -0.3 is 10.6 Å². The minimum absolute atomic E-state index is 0.730. The molecule has 4 heteroatoms. The molecule has 1 aromatic carbocycles. The molecule has 2 aromatic rings. The van der Waals surface area contributed by atoms with Crippen LogP contribution >= 0.6 is 0 Å². The van der Waals surface area contributed by atoms with Crippen LogP contribution in [0.15, 0.2) is 30.5 Å². The maximum atomic E-state index is 5.95. The molecule has 4 nitrogen and oxygen atoms in total. The minimum atomic E-state index is 0.730. The first-order valence-corrected chi connectivity index (χ1v) is 7.44. The third-order valence-electron chi connectivity index (χ3n) is 4.67. The highest BCUT2D eigenvalue weighted by Crippen LogP contribution is 2.30. The molecule has 2 saturated heterocycles. The van der Waals surface area contributed by atoms with E-state index in [0.717, 1.165) is 30.3 Å². The molecule has 0 aliphatic carbocycles. The Kier molecular flexibility index (Phi) is 2.77. The first-order chi connectivity index (χ1) is 9.81. The molecule has 20 heavy (non-hydrogen) atoms. The normalized spacial score (nSPS) is 23.2. The lowest BCUT2D eigenvalue weighted by Gasteiger charge is -2.39. The highest BCUT2D eigenvalue weighted by atomic mass is 15.3. The first-order valence-electron chi connectivity index (χ1n) is 7.44. The lowest BCUT2D eigenvalue weighted by molar-refractivity contribution is 0.231. The summed E-state index contributed by atoms with van der Waals surface area (Å²) in [5, 5.41) is 1.18. The number of anilines is 2. The van der Waals surface area contributed by atoms with Gasteiger partial charge in [0.25, 0.3) is 0 Å². The lowest BCUT2D eigenvalue weighted by Crippen LogP contribution is -2.50. The van der Waals surface area contributed by atoms with Crippen molar-refractivity contribution in [1.29, 1.82) is 0 Å². The van der Waals surface area contributed by atoms with Gasteiger partial charge in [-0.05, 0) is 43.7 Å². The van der Waals surface area contributed by atoms with Crippen LogP contribution in [-0.4, -0.2) is 42.1 Å². The van der Waals surface area contributed by atoms with E-state index in [1.165, 1.54) is 37.0 Å². The van der Waals surface area contributed by atoms with Gasteiger partial charge in [0.05, 0.1) is 5.52 Å². The number of hydrogen-bond donors (Lipinski definition) is 1. The quantitative estimate of drug-likeness (QED) is 0.805. The fourth-order valence-corrected chi connectivity index (χ4v) is 3.64. The molecule has 0 radical (unpaired) electrons. The first kappa shape index (κ1) is 12.0. The van der Waals surface area contributed by atoms with Gasteiger partial charge in [0.15, 0.2) is 0 Å². The summed E-state index contributed by atoms with van der Waals surface area (Å²) >= 11 is 0. The van der Waals surface area contributed by atoms with Gasteiger partial charge in [-0.1, -0.05) is 0 Å². The third kappa shape index (κ3) is 1.91. The second-order valence-corrected chi connectivity index (χ2v) is 5.88. The fraction of sp³-hybridized carbons (Fsp3) is 0.438. The van der Waals surface area contributed by atoms with Crippen LogP contribution in [0.2, 0.25) is 0 Å². The van der Waals surface area contributed by atoms with E-state index < -0.39 is 0 Å². The Morgan fingerprint density at radius 1 is 1.15 bits per heavy atom. The van der Waals surface area contributed by atoms with Crippen molar-refractivity contribution in [2.24, 2.45) is 0 Å². The lowest BCUT2D eigenvalue weighted by atomic mass is 10.1. The second kappa shape index (κ2) is 4.63. The van der Waals surface area contributed by atoms with Crippen molar-refractivity contribution in [1.82, 2.24) is 9.88 Å². The zero-order valence-corrected chi connectivity index (χ0v) is 11.6. The molecule has 1 aromatic heterocycles. The van der Waals surface area contributed by atoms with Crippen molar-refractivity contribution in [2.45, 2.75) is 18.9 Å². The average Bonchev–Trinajstić information content (AvgIpc) is 2.94. The van der Waals surface area contributed by atoms with Crippen LogP contribution in [0.5, 0.6) is 0 Å². The summed E-state index contributed by atoms with van der Waals surface area (Å²) in [6.45, 7) is 4.69. The minimum Gasteiger partial charge on any atom is -0.399 e. The summed E-state index contributed by atoms with van der Waals surface area (Å²) in [4.78, 5) is 9.59. The van der Waals surface area contributed by atoms with Crippen LogP contribution in [0.1, 0.15) is 12.8 Å². The summed E-state index contributed by atoms with van der Waals surface area (Å²) < 4.78 is 0. The monoisotopic (exact) mass is 268 g/mol. The molecule has 0 amide bonds. The van der Waals surface area contributed by atoms with Crippen LogP contribution in [0, 0.1) is 0 Å². The summed E-state index contributed by atoms with van der Waals surface area (Å²) in [7, 11) is 0. The molecule has 1 atom stereocenters. The van der Waals surface area contributed by atoms with Gasteiger partial charge in [0, 0.05) is 48.6 Å². The van der Waals surface area contributed by atoms with Gasteiger partial charge in [0.1, 0.15) is 0 Å². The van der Waals surface area contributed by atoms with Crippen LogP contribution in [0.3, 0.4) is 0 Å². The van der Waals surface area contributed by atoms with Gasteiger partial charge in [-0.3, -0.25) is 9.88 Å². The highest BCUT2D eigenvalue weighted by molar-refractivity contribution is 5.93. The average molecular weight is 268 g/mol. The van der Waals surface area contributed by atoms with Crippen molar-refractivity contribution in [3.8, 4) is 0 Å². The number of pyridine rings is 1. The Bertz CT molecular complexity index is 639. The number of nitrogens with two attached hydrogens (primary N) is 1. The number of rotatable bonds is 1. The maximum absolute atomic E-state index is 5.95. The summed E-state index contributed by atoms with van der Waals surface area (Å²) in [6, 6.07) is 8.85. The number of aromatic nitrogens is 1. The molecule has 0 bridgehead atoms. The van der Waals surface area contributed by atoms with Crippen LogP contribution in [0.4, 0.5) is 11.4 Å². The van der Waals surface area contributed by atoms with Crippen molar-refractivity contribution in [3.05, 3.63) is 30.5 Å². The van der Waals surface area contributed by atoms with Crippen molar-refractivity contribution in [2.75, 3.05) is 36.8 Å². The van der Waals surface area contributed by atoms with E-state index in [9.17, 15) is 0 Å². The molecule has 2 aliphatic rings. The highest BCUT2D eigenvalue weighted by Gasteiger charge is 2.31. The summed E-state index contributed by atoms with van der Waals surface area (Å²) in [6.07, 6.45) is 4.60. The van der Waals surface area contributed by atoms with Gasteiger partial charge >= 0.3 is 0 Å². The smallest absolute Gasteiger partial charge is 0.0724 e. The standard InChI is InChI=1S/C16H20N4/c17-12-3-4-15-14(10-12)16(5-6-18-15)20-9-8-19-7-1-2-13(19)11-20/h3-6,10,13H,1-2,7-9,11,17H2/t13-/m0/s1. The van der Waals surface area contributed by atoms with Crippen LogP contribution in [0.25, 0.3) is 10.9 Å². The van der Waals surface area contributed by atoms with Crippen molar-refractivity contribution < 1.29 is 0 Å². The predicted octanol–water partition coefficient (Wildman–Crippen LogP) is 2.10. The fourth-order valence-electron chi connectivity index (χ4n) is 3.64. The molecule has 104 valence electrons. The molecule has 2 N–H and O–H groups in total. The Balaban J connectivity index is 1.73. The van der Waals surface area contributed by atoms with Crippen molar-refractivity contribution >= 4 is 22.3 Å². The maximum Gasteiger partial charge on any atom is 0.0724 e. The van der Waals surface area contributed by atoms with Gasteiger partial charge in [0.2, 0.25) is 0 Å². The summed E-state index contributed by atoms with van der Waals surface area (Å²) in [5.41, 5.74) is 9.08. The molecule has 0 saturated carbocycles. The largest absolute Gasteiger partial charge is 0.399 e. The Morgan fingerprint density at radius 3 is 3.05 bits per heavy atom. The van der Waals surface area contributed by atoms with Gasteiger partial charge in [-0.2, -0.15) is 0 Å². The van der Waals surface area contributed by atoms with Crippen molar-refractivity contribution in [3.63, 3.8) is 0 Å². The van der Waals surface area contributed by atoms with E-state index in [-0.39, 0.29) is 0 Å². The molecule has 3 heterocycles. The number of benzene rings is 1. The third-order valence-corrected chi connectivity index (χ3v) is 4.67.